The van der Waals surface area contributed by atoms with E-state index in [0.29, 0.717) is 31.7 Å². The lowest BCUT2D eigenvalue weighted by molar-refractivity contribution is 0.0252. The van der Waals surface area contributed by atoms with Crippen molar-refractivity contribution in [3.8, 4) is 0 Å². The third-order valence-electron chi connectivity index (χ3n) is 2.98. The zero-order chi connectivity index (χ0) is 16.6. The average Bonchev–Trinajstić information content (AvgIpc) is 2.42. The van der Waals surface area contributed by atoms with Gasteiger partial charge in [-0.1, -0.05) is 25.1 Å². The van der Waals surface area contributed by atoms with Gasteiger partial charge in [0.05, 0.1) is 0 Å². The number of ether oxygens (including phenoxy) is 1. The maximum atomic E-state index is 13.5. The van der Waals surface area contributed by atoms with E-state index in [2.05, 4.69) is 5.32 Å². The van der Waals surface area contributed by atoms with Gasteiger partial charge in [0.15, 0.2) is 0 Å². The van der Waals surface area contributed by atoms with Crippen LogP contribution >= 0.6 is 0 Å². The van der Waals surface area contributed by atoms with Crippen molar-refractivity contribution in [3.05, 3.63) is 35.6 Å². The van der Waals surface area contributed by atoms with Crippen LogP contribution in [0.25, 0.3) is 0 Å². The molecule has 0 unspecified atom stereocenters. The molecule has 0 aliphatic heterocycles. The second-order valence-electron chi connectivity index (χ2n) is 6.24. The Morgan fingerprint density at radius 3 is 2.55 bits per heavy atom. The predicted octanol–water partition coefficient (Wildman–Crippen LogP) is 3.56. The third-order valence-corrected chi connectivity index (χ3v) is 2.98. The van der Waals surface area contributed by atoms with E-state index in [-0.39, 0.29) is 11.9 Å². The van der Waals surface area contributed by atoms with Crippen molar-refractivity contribution in [2.75, 3.05) is 19.6 Å². The number of carbonyl (C=O) groups excluding carboxylic acids is 1. The van der Waals surface area contributed by atoms with Crippen LogP contribution in [0.2, 0.25) is 0 Å². The van der Waals surface area contributed by atoms with Gasteiger partial charge < -0.3 is 15.0 Å². The molecule has 0 bridgehead atoms. The van der Waals surface area contributed by atoms with Crippen LogP contribution in [0.3, 0.4) is 0 Å². The molecular formula is C17H27FN2O2. The number of rotatable bonds is 7. The molecule has 0 spiro atoms. The number of hydrogen-bond acceptors (Lipinski definition) is 3. The molecule has 1 aromatic carbocycles. The number of carbonyl (C=O) groups is 1. The Balaban J connectivity index is 2.41. The van der Waals surface area contributed by atoms with Crippen molar-refractivity contribution >= 4 is 6.09 Å². The minimum Gasteiger partial charge on any atom is -0.444 e. The van der Waals surface area contributed by atoms with Crippen LogP contribution in [0.5, 0.6) is 0 Å². The first kappa shape index (κ1) is 18.4. The fourth-order valence-electron chi connectivity index (χ4n) is 1.97. The zero-order valence-electron chi connectivity index (χ0n) is 14.0. The Bertz CT molecular complexity index is 472. The summed E-state index contributed by atoms with van der Waals surface area (Å²) < 4.78 is 18.9. The van der Waals surface area contributed by atoms with Crippen molar-refractivity contribution in [3.63, 3.8) is 0 Å². The van der Waals surface area contributed by atoms with E-state index in [1.807, 2.05) is 33.8 Å². The van der Waals surface area contributed by atoms with Crippen LogP contribution in [0, 0.1) is 5.82 Å². The summed E-state index contributed by atoms with van der Waals surface area (Å²) in [6.07, 6.45) is 0.564. The van der Waals surface area contributed by atoms with Crippen LogP contribution in [0.4, 0.5) is 9.18 Å². The maximum Gasteiger partial charge on any atom is 0.410 e. The SMILES string of the molecule is CCCN(CCNCc1ccccc1F)C(=O)OC(C)(C)C. The first-order chi connectivity index (χ1) is 10.3. The quantitative estimate of drug-likeness (QED) is 0.783. The van der Waals surface area contributed by atoms with E-state index in [1.54, 1.807) is 17.0 Å². The van der Waals surface area contributed by atoms with Gasteiger partial charge in [-0.05, 0) is 33.3 Å². The summed E-state index contributed by atoms with van der Waals surface area (Å²) in [7, 11) is 0. The van der Waals surface area contributed by atoms with Gasteiger partial charge >= 0.3 is 6.09 Å². The normalized spacial score (nSPS) is 11.3. The Labute approximate surface area is 132 Å². The summed E-state index contributed by atoms with van der Waals surface area (Å²) in [6.45, 7) is 9.80. The second kappa shape index (κ2) is 8.73. The molecule has 0 aliphatic rings. The van der Waals surface area contributed by atoms with E-state index in [0.717, 1.165) is 6.42 Å². The summed E-state index contributed by atoms with van der Waals surface area (Å²) in [4.78, 5) is 13.8. The van der Waals surface area contributed by atoms with Crippen LogP contribution in [-0.2, 0) is 11.3 Å². The summed E-state index contributed by atoms with van der Waals surface area (Å²) in [5.74, 6) is -0.215. The molecule has 1 amide bonds. The smallest absolute Gasteiger partial charge is 0.410 e. The summed E-state index contributed by atoms with van der Waals surface area (Å²) in [5.41, 5.74) is 0.130. The predicted molar refractivity (Wildman–Crippen MR) is 86.2 cm³/mol. The van der Waals surface area contributed by atoms with Gasteiger partial charge in [-0.15, -0.1) is 0 Å². The number of benzene rings is 1. The number of nitrogens with one attached hydrogen (secondary N) is 1. The van der Waals surface area contributed by atoms with Gasteiger partial charge in [0.1, 0.15) is 11.4 Å². The molecule has 0 fully saturated rings. The van der Waals surface area contributed by atoms with Gasteiger partial charge in [0.2, 0.25) is 0 Å². The Morgan fingerprint density at radius 2 is 1.95 bits per heavy atom. The molecule has 0 saturated heterocycles. The highest BCUT2D eigenvalue weighted by Crippen LogP contribution is 2.10. The Morgan fingerprint density at radius 1 is 1.27 bits per heavy atom. The highest BCUT2D eigenvalue weighted by molar-refractivity contribution is 5.68. The Kier molecular flexibility index (Phi) is 7.32. The van der Waals surface area contributed by atoms with Gasteiger partial charge in [-0.25, -0.2) is 9.18 Å². The summed E-state index contributed by atoms with van der Waals surface area (Å²) in [5, 5.41) is 3.16. The van der Waals surface area contributed by atoms with Gasteiger partial charge in [-0.3, -0.25) is 0 Å². The summed E-state index contributed by atoms with van der Waals surface area (Å²) >= 11 is 0. The molecule has 22 heavy (non-hydrogen) atoms. The van der Waals surface area contributed by atoms with Crippen LogP contribution in [-0.4, -0.2) is 36.2 Å². The fourth-order valence-corrected chi connectivity index (χ4v) is 1.97. The zero-order valence-corrected chi connectivity index (χ0v) is 14.0. The van der Waals surface area contributed by atoms with Gasteiger partial charge in [0, 0.05) is 31.7 Å². The molecule has 5 heteroatoms. The van der Waals surface area contributed by atoms with E-state index in [9.17, 15) is 9.18 Å². The van der Waals surface area contributed by atoms with Crippen LogP contribution < -0.4 is 5.32 Å². The van der Waals surface area contributed by atoms with Crippen molar-refractivity contribution in [1.29, 1.82) is 0 Å². The van der Waals surface area contributed by atoms with Gasteiger partial charge in [0.25, 0.3) is 0 Å². The van der Waals surface area contributed by atoms with E-state index in [4.69, 9.17) is 4.74 Å². The topological polar surface area (TPSA) is 41.6 Å². The molecule has 0 radical (unpaired) electrons. The largest absolute Gasteiger partial charge is 0.444 e. The number of halogens is 1. The lowest BCUT2D eigenvalue weighted by Gasteiger charge is -2.27. The minimum absolute atomic E-state index is 0.215. The lowest BCUT2D eigenvalue weighted by Crippen LogP contribution is -2.40. The van der Waals surface area contributed by atoms with Crippen molar-refractivity contribution in [2.45, 2.75) is 46.3 Å². The third kappa shape index (κ3) is 6.89. The first-order valence-electron chi connectivity index (χ1n) is 7.75. The molecule has 0 heterocycles. The Hall–Kier alpha value is -1.62. The fraction of sp³-hybridized carbons (Fsp3) is 0.588. The molecule has 0 aliphatic carbocycles. The van der Waals surface area contributed by atoms with Crippen LogP contribution in [0.15, 0.2) is 24.3 Å². The second-order valence-corrected chi connectivity index (χ2v) is 6.24. The van der Waals surface area contributed by atoms with Crippen molar-refractivity contribution in [1.82, 2.24) is 10.2 Å². The molecule has 1 N–H and O–H groups in total. The van der Waals surface area contributed by atoms with Crippen molar-refractivity contribution in [2.24, 2.45) is 0 Å². The maximum absolute atomic E-state index is 13.5. The average molecular weight is 310 g/mol. The molecule has 1 rings (SSSR count). The highest BCUT2D eigenvalue weighted by atomic mass is 19.1. The minimum atomic E-state index is -0.496. The van der Waals surface area contributed by atoms with Gasteiger partial charge in [-0.2, -0.15) is 0 Å². The molecule has 4 nitrogen and oxygen atoms in total. The standard InChI is InChI=1S/C17H27FN2O2/c1-5-11-20(16(21)22-17(2,3)4)12-10-19-13-14-8-6-7-9-15(14)18/h6-9,19H,5,10-13H2,1-4H3. The molecule has 0 atom stereocenters. The van der Waals surface area contributed by atoms with E-state index < -0.39 is 5.60 Å². The lowest BCUT2D eigenvalue weighted by atomic mass is 10.2. The van der Waals surface area contributed by atoms with Crippen molar-refractivity contribution < 1.29 is 13.9 Å². The molecule has 0 aromatic heterocycles. The first-order valence-corrected chi connectivity index (χ1v) is 7.75. The monoisotopic (exact) mass is 310 g/mol. The number of nitrogens with zero attached hydrogens (tertiary/aromatic N) is 1. The number of amides is 1. The highest BCUT2D eigenvalue weighted by Gasteiger charge is 2.21. The molecule has 1 aromatic rings. The van der Waals surface area contributed by atoms with Crippen LogP contribution in [0.1, 0.15) is 39.7 Å². The van der Waals surface area contributed by atoms with E-state index in [1.165, 1.54) is 6.07 Å². The summed E-state index contributed by atoms with van der Waals surface area (Å²) in [6, 6.07) is 6.68. The molecular weight excluding hydrogens is 283 g/mol. The number of hydrogen-bond donors (Lipinski definition) is 1. The van der Waals surface area contributed by atoms with E-state index >= 15 is 0 Å². The molecule has 0 saturated carbocycles. The molecule has 124 valence electrons.